The molecule has 5 heterocycles. The molecule has 0 spiro atoms. The average Bonchev–Trinajstić information content (AvgIpc) is 2.90. The topological polar surface area (TPSA) is 116 Å². The summed E-state index contributed by atoms with van der Waals surface area (Å²) in [4.78, 5) is 22.1. The molecule has 0 saturated carbocycles. The van der Waals surface area contributed by atoms with Crippen LogP contribution in [0.25, 0.3) is 10.8 Å². The summed E-state index contributed by atoms with van der Waals surface area (Å²) in [5.41, 5.74) is 1.08. The van der Waals surface area contributed by atoms with Crippen LogP contribution in [-0.2, 0) is 9.84 Å². The molecule has 2 aliphatic rings. The van der Waals surface area contributed by atoms with Crippen LogP contribution in [0.2, 0.25) is 0 Å². The normalized spacial score (nSPS) is 18.7. The Kier molecular flexibility index (Phi) is 7.81. The van der Waals surface area contributed by atoms with Crippen LogP contribution in [0.1, 0.15) is 32.3 Å². The highest BCUT2D eigenvalue weighted by atomic mass is 32.2. The van der Waals surface area contributed by atoms with Gasteiger partial charge in [0.25, 0.3) is 6.43 Å². The van der Waals surface area contributed by atoms with Crippen molar-refractivity contribution >= 4 is 44.0 Å². The van der Waals surface area contributed by atoms with Crippen molar-refractivity contribution in [3.63, 3.8) is 0 Å². The number of alkyl halides is 2. The lowest BCUT2D eigenvalue weighted by molar-refractivity contribution is 0.0956. The molecule has 10 nitrogen and oxygen atoms in total. The molecule has 0 aliphatic carbocycles. The third-order valence-corrected chi connectivity index (χ3v) is 9.14. The molecule has 5 rings (SSSR count). The molecule has 0 radical (unpaired) electrons. The van der Waals surface area contributed by atoms with E-state index >= 15 is 0 Å². The molecule has 3 aromatic rings. The highest BCUT2D eigenvalue weighted by Gasteiger charge is 2.32. The summed E-state index contributed by atoms with van der Waals surface area (Å²) in [6.07, 6.45) is 2.81. The molecule has 3 aromatic heterocycles. The summed E-state index contributed by atoms with van der Waals surface area (Å²) in [7, 11) is -3.02. The molecule has 1 atom stereocenters. The fraction of sp³-hybridized carbons (Fsp3) is 0.538. The molecule has 2 fully saturated rings. The van der Waals surface area contributed by atoms with Crippen LogP contribution in [0.4, 0.5) is 32.2 Å². The Hall–Kier alpha value is -3.19. The lowest BCUT2D eigenvalue weighted by atomic mass is 9.97. The predicted molar refractivity (Wildman–Crippen MR) is 149 cm³/mol. The van der Waals surface area contributed by atoms with E-state index in [1.165, 1.54) is 0 Å². The maximum atomic E-state index is 13.2. The first-order chi connectivity index (χ1) is 18.6. The number of nitrogens with zero attached hydrogens (tertiary/aromatic N) is 6. The Morgan fingerprint density at radius 1 is 1.08 bits per heavy atom. The molecule has 2 saturated heterocycles. The third-order valence-electron chi connectivity index (χ3n) is 7.28. The Balaban J connectivity index is 1.37. The molecule has 2 aliphatic heterocycles. The number of aromatic nitrogens is 4. The second-order valence-electron chi connectivity index (χ2n) is 10.5. The number of pyridine rings is 2. The zero-order chi connectivity index (χ0) is 27.7. The van der Waals surface area contributed by atoms with Gasteiger partial charge in [0.15, 0.2) is 0 Å². The second-order valence-corrected chi connectivity index (χ2v) is 12.9. The zero-order valence-electron chi connectivity index (χ0n) is 22.3. The van der Waals surface area contributed by atoms with E-state index in [1.54, 1.807) is 30.3 Å². The van der Waals surface area contributed by atoms with Crippen molar-refractivity contribution in [2.24, 2.45) is 5.92 Å². The van der Waals surface area contributed by atoms with Crippen LogP contribution in [-0.4, -0.2) is 85.1 Å². The Bertz CT molecular complexity index is 1430. The number of fused-ring (bicyclic) bond motifs is 1. The monoisotopic (exact) mass is 560 g/mol. The van der Waals surface area contributed by atoms with Gasteiger partial charge in [0.05, 0.1) is 11.8 Å². The number of sulfone groups is 1. The fourth-order valence-corrected chi connectivity index (χ4v) is 6.24. The van der Waals surface area contributed by atoms with Crippen LogP contribution in [0.3, 0.4) is 0 Å². The van der Waals surface area contributed by atoms with Gasteiger partial charge in [-0.3, -0.25) is 0 Å². The molecule has 39 heavy (non-hydrogen) atoms. The van der Waals surface area contributed by atoms with E-state index in [4.69, 9.17) is 4.98 Å². The van der Waals surface area contributed by atoms with E-state index in [9.17, 15) is 17.2 Å². The number of anilines is 4. The molecule has 13 heteroatoms. The van der Waals surface area contributed by atoms with Crippen LogP contribution >= 0.6 is 0 Å². The summed E-state index contributed by atoms with van der Waals surface area (Å²) in [6.45, 7) is 8.28. The van der Waals surface area contributed by atoms with E-state index in [-0.39, 0.29) is 29.9 Å². The van der Waals surface area contributed by atoms with Crippen molar-refractivity contribution in [3.8, 4) is 0 Å². The van der Waals surface area contributed by atoms with E-state index in [0.717, 1.165) is 22.2 Å². The van der Waals surface area contributed by atoms with Gasteiger partial charge in [-0.05, 0) is 29.0 Å². The van der Waals surface area contributed by atoms with Crippen molar-refractivity contribution in [2.45, 2.75) is 39.2 Å². The summed E-state index contributed by atoms with van der Waals surface area (Å²) >= 11 is 0. The minimum absolute atomic E-state index is 0.101. The maximum absolute atomic E-state index is 13.2. The molecule has 0 amide bonds. The fourth-order valence-electron chi connectivity index (χ4n) is 5.08. The number of nitrogens with one attached hydrogen (secondary N) is 2. The smallest absolute Gasteiger partial charge is 0.255 e. The Morgan fingerprint density at radius 3 is 2.59 bits per heavy atom. The predicted octanol–water partition coefficient (Wildman–Crippen LogP) is 3.20. The Labute approximate surface area is 227 Å². The van der Waals surface area contributed by atoms with Gasteiger partial charge in [-0.25, -0.2) is 32.2 Å². The number of hydrogen-bond acceptors (Lipinski definition) is 10. The molecular formula is C26H34F2N8O2S. The molecule has 2 N–H and O–H groups in total. The minimum Gasteiger partial charge on any atom is -0.355 e. The number of piperazine rings is 1. The van der Waals surface area contributed by atoms with E-state index in [2.05, 4.69) is 44.3 Å². The van der Waals surface area contributed by atoms with Crippen molar-refractivity contribution in [1.29, 1.82) is 0 Å². The lowest BCUT2D eigenvalue weighted by Gasteiger charge is -2.40. The Morgan fingerprint density at radius 2 is 1.87 bits per heavy atom. The highest BCUT2D eigenvalue weighted by Crippen LogP contribution is 2.35. The van der Waals surface area contributed by atoms with E-state index < -0.39 is 22.3 Å². The SMILES string of the molecule is CCS(=O)(=O)CC1CN(c2ncc(C(C)C)c3cc(Nc4ccnc(N5CCNC(C(F)F)C5)n4)ncc23)C1. The number of rotatable bonds is 9. The van der Waals surface area contributed by atoms with Gasteiger partial charge >= 0.3 is 0 Å². The summed E-state index contributed by atoms with van der Waals surface area (Å²) < 4.78 is 50.5. The first-order valence-electron chi connectivity index (χ1n) is 13.2. The van der Waals surface area contributed by atoms with Crippen molar-refractivity contribution in [3.05, 3.63) is 36.3 Å². The average molecular weight is 561 g/mol. The van der Waals surface area contributed by atoms with Crippen molar-refractivity contribution < 1.29 is 17.2 Å². The quantitative estimate of drug-likeness (QED) is 0.404. The molecule has 210 valence electrons. The number of hydrogen-bond donors (Lipinski definition) is 2. The standard InChI is InChI=1S/C26H34F2N8O2S/c1-4-39(37,38)15-17-12-36(13-17)25-20-11-31-23(9-18(20)19(10-32-25)16(2)3)33-22-5-6-30-26(34-22)35-8-7-29-21(14-35)24(27)28/h5-6,9-11,16-17,21,24,29H,4,7-8,12-15H2,1-3H3,(H,30,31,33,34). The highest BCUT2D eigenvalue weighted by molar-refractivity contribution is 7.91. The zero-order valence-corrected chi connectivity index (χ0v) is 23.1. The molecule has 0 bridgehead atoms. The van der Waals surface area contributed by atoms with Gasteiger partial charge in [0.2, 0.25) is 5.95 Å². The summed E-state index contributed by atoms with van der Waals surface area (Å²) in [5.74, 6) is 2.98. The van der Waals surface area contributed by atoms with Gasteiger partial charge in [0.1, 0.15) is 27.3 Å². The first-order valence-corrected chi connectivity index (χ1v) is 15.1. The van der Waals surface area contributed by atoms with E-state index in [0.29, 0.717) is 43.8 Å². The van der Waals surface area contributed by atoms with Crippen LogP contribution < -0.4 is 20.4 Å². The van der Waals surface area contributed by atoms with Crippen LogP contribution in [0.5, 0.6) is 0 Å². The summed E-state index contributed by atoms with van der Waals surface area (Å²) in [5, 5.41) is 7.99. The van der Waals surface area contributed by atoms with Gasteiger partial charge in [0, 0.05) is 68.4 Å². The van der Waals surface area contributed by atoms with Crippen molar-refractivity contribution in [1.82, 2.24) is 25.3 Å². The number of halogens is 2. The van der Waals surface area contributed by atoms with Gasteiger partial charge < -0.3 is 20.4 Å². The molecular weight excluding hydrogens is 526 g/mol. The maximum Gasteiger partial charge on any atom is 0.255 e. The van der Waals surface area contributed by atoms with Crippen molar-refractivity contribution in [2.75, 3.05) is 59.3 Å². The lowest BCUT2D eigenvalue weighted by Crippen LogP contribution is -2.54. The molecule has 1 unspecified atom stereocenters. The third kappa shape index (κ3) is 6.03. The minimum atomic E-state index is -3.02. The van der Waals surface area contributed by atoms with Gasteiger partial charge in [-0.2, -0.15) is 4.98 Å². The van der Waals surface area contributed by atoms with E-state index in [1.807, 2.05) is 12.3 Å². The summed E-state index contributed by atoms with van der Waals surface area (Å²) in [6, 6.07) is 2.76. The van der Waals surface area contributed by atoms with Crippen LogP contribution in [0.15, 0.2) is 30.7 Å². The second kappa shape index (κ2) is 11.1. The molecule has 0 aromatic carbocycles. The first kappa shape index (κ1) is 27.4. The van der Waals surface area contributed by atoms with Crippen LogP contribution in [0, 0.1) is 5.92 Å². The van der Waals surface area contributed by atoms with Gasteiger partial charge in [-0.1, -0.05) is 20.8 Å². The largest absolute Gasteiger partial charge is 0.355 e. The van der Waals surface area contributed by atoms with Gasteiger partial charge in [-0.15, -0.1) is 0 Å².